The van der Waals surface area contributed by atoms with E-state index in [1.807, 2.05) is 0 Å². The lowest BCUT2D eigenvalue weighted by Crippen LogP contribution is -2.41. The number of hydrogen-bond acceptors (Lipinski definition) is 4. The van der Waals surface area contributed by atoms with Gasteiger partial charge in [0, 0.05) is 13.0 Å². The van der Waals surface area contributed by atoms with E-state index in [9.17, 15) is 9.59 Å². The summed E-state index contributed by atoms with van der Waals surface area (Å²) in [4.78, 5) is 23.8. The summed E-state index contributed by atoms with van der Waals surface area (Å²) in [5.41, 5.74) is 0. The third-order valence-electron chi connectivity index (χ3n) is 5.26. The number of rotatable bonds is 6. The average molecular weight is 329 g/mol. The van der Waals surface area contributed by atoms with Crippen LogP contribution in [0.3, 0.4) is 0 Å². The highest BCUT2D eigenvalue weighted by Gasteiger charge is 2.39. The van der Waals surface area contributed by atoms with Crippen molar-refractivity contribution in [3.05, 3.63) is 0 Å². The highest BCUT2D eigenvalue weighted by Crippen LogP contribution is 2.37. The minimum absolute atomic E-state index is 0.0495. The van der Waals surface area contributed by atoms with E-state index in [0.717, 1.165) is 32.3 Å². The van der Waals surface area contributed by atoms with Crippen LogP contribution in [0, 0.1) is 11.8 Å². The standard InChI is InChI=1S/C17H32O4Si/c1-17(2,3)22(5,6)21-12-8-10-13-9-7-11-14(18)15(13)16(19)20-4/h13,15H,7-12H2,1-6H3. The minimum Gasteiger partial charge on any atom is -0.468 e. The number of methoxy groups -OCH3 is 1. The summed E-state index contributed by atoms with van der Waals surface area (Å²) in [6, 6.07) is 0. The van der Waals surface area contributed by atoms with Crippen LogP contribution < -0.4 is 0 Å². The van der Waals surface area contributed by atoms with Gasteiger partial charge in [-0.15, -0.1) is 0 Å². The number of carbonyl (C=O) groups is 2. The summed E-state index contributed by atoms with van der Waals surface area (Å²) in [6.45, 7) is 11.9. The first kappa shape index (κ1) is 19.4. The summed E-state index contributed by atoms with van der Waals surface area (Å²) >= 11 is 0. The Hall–Kier alpha value is -0.683. The lowest BCUT2D eigenvalue weighted by molar-refractivity contribution is -0.153. The molecule has 2 atom stereocenters. The molecule has 4 nitrogen and oxygen atoms in total. The van der Waals surface area contributed by atoms with Crippen LogP contribution in [-0.4, -0.2) is 33.8 Å². The van der Waals surface area contributed by atoms with Gasteiger partial charge in [-0.2, -0.15) is 0 Å². The zero-order chi connectivity index (χ0) is 17.0. The average Bonchev–Trinajstić information content (AvgIpc) is 2.41. The molecule has 0 spiro atoms. The summed E-state index contributed by atoms with van der Waals surface area (Å²) in [5.74, 6) is -0.739. The van der Waals surface area contributed by atoms with Gasteiger partial charge in [0.05, 0.1) is 7.11 Å². The minimum atomic E-state index is -1.71. The molecule has 1 saturated carbocycles. The van der Waals surface area contributed by atoms with Gasteiger partial charge in [0.1, 0.15) is 11.7 Å². The van der Waals surface area contributed by atoms with Crippen molar-refractivity contribution in [1.82, 2.24) is 0 Å². The van der Waals surface area contributed by atoms with Gasteiger partial charge < -0.3 is 9.16 Å². The first-order chi connectivity index (χ1) is 10.1. The number of ether oxygens (including phenoxy) is 1. The lowest BCUT2D eigenvalue weighted by atomic mass is 9.76. The normalized spacial score (nSPS) is 23.5. The smallest absolute Gasteiger partial charge is 0.316 e. The Bertz CT molecular complexity index is 390. The van der Waals surface area contributed by atoms with Gasteiger partial charge >= 0.3 is 5.97 Å². The van der Waals surface area contributed by atoms with Crippen molar-refractivity contribution >= 4 is 20.1 Å². The van der Waals surface area contributed by atoms with Crippen molar-refractivity contribution in [3.63, 3.8) is 0 Å². The molecule has 0 bridgehead atoms. The molecule has 0 aromatic rings. The van der Waals surface area contributed by atoms with E-state index in [0.29, 0.717) is 6.42 Å². The molecule has 0 heterocycles. The van der Waals surface area contributed by atoms with Crippen LogP contribution in [0.15, 0.2) is 0 Å². The molecule has 5 heteroatoms. The fourth-order valence-electron chi connectivity index (χ4n) is 2.77. The second-order valence-corrected chi connectivity index (χ2v) is 12.7. The maximum Gasteiger partial charge on any atom is 0.316 e. The van der Waals surface area contributed by atoms with Crippen LogP contribution >= 0.6 is 0 Å². The first-order valence-electron chi connectivity index (χ1n) is 8.34. The van der Waals surface area contributed by atoms with Crippen LogP contribution in [0.25, 0.3) is 0 Å². The van der Waals surface area contributed by atoms with E-state index in [1.54, 1.807) is 0 Å². The van der Waals surface area contributed by atoms with Gasteiger partial charge in [-0.25, -0.2) is 0 Å². The fourth-order valence-corrected chi connectivity index (χ4v) is 3.86. The van der Waals surface area contributed by atoms with E-state index in [1.165, 1.54) is 7.11 Å². The molecule has 1 aliphatic carbocycles. The maximum atomic E-state index is 12.0. The third-order valence-corrected chi connectivity index (χ3v) is 9.80. The summed E-state index contributed by atoms with van der Waals surface area (Å²) in [5, 5.41) is 0.211. The second-order valence-electron chi connectivity index (χ2n) is 7.87. The lowest BCUT2D eigenvalue weighted by Gasteiger charge is -2.36. The number of hydrogen-bond donors (Lipinski definition) is 0. The van der Waals surface area contributed by atoms with Crippen LogP contribution in [0.1, 0.15) is 52.9 Å². The Morgan fingerprint density at radius 3 is 2.50 bits per heavy atom. The molecule has 128 valence electrons. The molecule has 2 unspecified atom stereocenters. The van der Waals surface area contributed by atoms with Crippen molar-refractivity contribution < 1.29 is 18.8 Å². The van der Waals surface area contributed by atoms with Gasteiger partial charge in [0.25, 0.3) is 0 Å². The van der Waals surface area contributed by atoms with Gasteiger partial charge in [-0.1, -0.05) is 20.8 Å². The summed E-state index contributed by atoms with van der Waals surface area (Å²) in [7, 11) is -0.346. The number of esters is 1. The largest absolute Gasteiger partial charge is 0.468 e. The second kappa shape index (κ2) is 7.73. The predicted molar refractivity (Wildman–Crippen MR) is 90.2 cm³/mol. The molecular formula is C17H32O4Si. The Morgan fingerprint density at radius 2 is 1.95 bits per heavy atom. The molecule has 0 aliphatic heterocycles. The van der Waals surface area contributed by atoms with E-state index in [4.69, 9.17) is 9.16 Å². The van der Waals surface area contributed by atoms with Crippen LogP contribution in [0.5, 0.6) is 0 Å². The van der Waals surface area contributed by atoms with Crippen LogP contribution in [0.2, 0.25) is 18.1 Å². The number of carbonyl (C=O) groups excluding carboxylic acids is 2. The first-order valence-corrected chi connectivity index (χ1v) is 11.3. The number of Topliss-reactive ketones (excluding diaryl/α,β-unsaturated/α-hetero) is 1. The molecule has 0 N–H and O–H groups in total. The molecule has 1 rings (SSSR count). The fraction of sp³-hybridized carbons (Fsp3) is 0.882. The van der Waals surface area contributed by atoms with Gasteiger partial charge in [0.15, 0.2) is 8.32 Å². The Labute approximate surface area is 136 Å². The van der Waals surface area contributed by atoms with Crippen molar-refractivity contribution in [2.45, 2.75) is 71.0 Å². The summed E-state index contributed by atoms with van der Waals surface area (Å²) in [6.07, 6.45) is 4.10. The highest BCUT2D eigenvalue weighted by molar-refractivity contribution is 6.74. The molecule has 1 aliphatic rings. The van der Waals surface area contributed by atoms with Gasteiger partial charge in [0.2, 0.25) is 0 Å². The van der Waals surface area contributed by atoms with Gasteiger partial charge in [-0.05, 0) is 49.7 Å². The van der Waals surface area contributed by atoms with Crippen molar-refractivity contribution in [2.75, 3.05) is 13.7 Å². The van der Waals surface area contributed by atoms with Crippen molar-refractivity contribution in [3.8, 4) is 0 Å². The molecule has 0 aromatic heterocycles. The molecule has 0 amide bonds. The SMILES string of the molecule is COC(=O)C1C(=O)CCCC1CCCO[Si](C)(C)C(C)(C)C. The van der Waals surface area contributed by atoms with Crippen molar-refractivity contribution in [1.29, 1.82) is 0 Å². The molecule has 1 fully saturated rings. The zero-order valence-corrected chi connectivity index (χ0v) is 16.0. The maximum absolute atomic E-state index is 12.0. The van der Waals surface area contributed by atoms with Crippen LogP contribution in [-0.2, 0) is 18.8 Å². The molecule has 0 aromatic carbocycles. The number of ketones is 1. The van der Waals surface area contributed by atoms with E-state index < -0.39 is 14.2 Å². The van der Waals surface area contributed by atoms with E-state index in [2.05, 4.69) is 33.9 Å². The monoisotopic (exact) mass is 328 g/mol. The Kier molecular flexibility index (Phi) is 6.80. The van der Waals surface area contributed by atoms with Crippen LogP contribution in [0.4, 0.5) is 0 Å². The highest BCUT2D eigenvalue weighted by atomic mass is 28.4. The van der Waals surface area contributed by atoms with Gasteiger partial charge in [-0.3, -0.25) is 9.59 Å². The quantitative estimate of drug-likeness (QED) is 0.321. The Morgan fingerprint density at radius 1 is 1.32 bits per heavy atom. The summed E-state index contributed by atoms with van der Waals surface area (Å²) < 4.78 is 11.0. The molecule has 0 radical (unpaired) electrons. The molecule has 0 saturated heterocycles. The van der Waals surface area contributed by atoms with Crippen molar-refractivity contribution in [2.24, 2.45) is 11.8 Å². The van der Waals surface area contributed by atoms with E-state index in [-0.39, 0.29) is 22.7 Å². The third kappa shape index (κ3) is 4.91. The zero-order valence-electron chi connectivity index (χ0n) is 15.0. The van der Waals surface area contributed by atoms with E-state index >= 15 is 0 Å². The topological polar surface area (TPSA) is 52.6 Å². The molecule has 22 heavy (non-hydrogen) atoms. The molecular weight excluding hydrogens is 296 g/mol. The predicted octanol–water partition coefficient (Wildman–Crippen LogP) is 3.95. The Balaban J connectivity index is 2.49.